The molecule has 1 amide bonds. The van der Waals surface area contributed by atoms with Crippen LogP contribution in [0, 0.1) is 0 Å². The standard InChI is InChI=1S/C13H18N4O2/c1-3-13(2,5-7-18)17-12(19)10-9-4-6-14-11(9)16-8-15-10/h4,6,8,18H,3,5,7H2,1-2H3,(H,17,19)(H,14,15,16). The van der Waals surface area contributed by atoms with Gasteiger partial charge in [0.25, 0.3) is 5.91 Å². The van der Waals surface area contributed by atoms with Gasteiger partial charge in [-0.3, -0.25) is 4.79 Å². The summed E-state index contributed by atoms with van der Waals surface area (Å²) in [5, 5.41) is 12.7. The van der Waals surface area contributed by atoms with E-state index >= 15 is 0 Å². The van der Waals surface area contributed by atoms with Gasteiger partial charge in [0.2, 0.25) is 0 Å². The number of aliphatic hydroxyl groups excluding tert-OH is 1. The van der Waals surface area contributed by atoms with Crippen LogP contribution in [0.25, 0.3) is 11.0 Å². The number of carbonyl (C=O) groups excluding carboxylic acids is 1. The molecule has 0 aliphatic heterocycles. The summed E-state index contributed by atoms with van der Waals surface area (Å²) in [6.45, 7) is 3.92. The number of aliphatic hydroxyl groups is 1. The van der Waals surface area contributed by atoms with Gasteiger partial charge in [0, 0.05) is 18.3 Å². The summed E-state index contributed by atoms with van der Waals surface area (Å²) in [4.78, 5) is 23.4. The van der Waals surface area contributed by atoms with Crippen molar-refractivity contribution < 1.29 is 9.90 Å². The predicted molar refractivity (Wildman–Crippen MR) is 71.8 cm³/mol. The largest absolute Gasteiger partial charge is 0.396 e. The maximum atomic E-state index is 12.3. The van der Waals surface area contributed by atoms with E-state index in [-0.39, 0.29) is 12.5 Å². The number of nitrogens with one attached hydrogen (secondary N) is 2. The van der Waals surface area contributed by atoms with E-state index < -0.39 is 5.54 Å². The zero-order valence-corrected chi connectivity index (χ0v) is 11.1. The van der Waals surface area contributed by atoms with Crippen molar-refractivity contribution in [3.63, 3.8) is 0 Å². The molecule has 102 valence electrons. The quantitative estimate of drug-likeness (QED) is 0.756. The van der Waals surface area contributed by atoms with E-state index in [4.69, 9.17) is 5.11 Å². The van der Waals surface area contributed by atoms with Crippen molar-refractivity contribution in [3.8, 4) is 0 Å². The molecule has 0 saturated carbocycles. The topological polar surface area (TPSA) is 90.9 Å². The van der Waals surface area contributed by atoms with Crippen LogP contribution in [0.15, 0.2) is 18.6 Å². The third-order valence-electron chi connectivity index (χ3n) is 3.43. The first-order valence-electron chi connectivity index (χ1n) is 6.31. The summed E-state index contributed by atoms with van der Waals surface area (Å²) in [6, 6.07) is 1.78. The maximum absolute atomic E-state index is 12.3. The molecule has 6 heteroatoms. The lowest BCUT2D eigenvalue weighted by Crippen LogP contribution is -2.46. The second kappa shape index (κ2) is 5.36. The van der Waals surface area contributed by atoms with E-state index in [1.165, 1.54) is 6.33 Å². The van der Waals surface area contributed by atoms with Gasteiger partial charge in [0.05, 0.1) is 5.39 Å². The Hall–Kier alpha value is -1.95. The second-order valence-electron chi connectivity index (χ2n) is 4.80. The fourth-order valence-corrected chi connectivity index (χ4v) is 1.96. The molecule has 0 fully saturated rings. The van der Waals surface area contributed by atoms with Crippen LogP contribution in [0.5, 0.6) is 0 Å². The predicted octanol–water partition coefficient (Wildman–Crippen LogP) is 1.24. The molecule has 0 radical (unpaired) electrons. The number of rotatable bonds is 5. The fraction of sp³-hybridized carbons (Fsp3) is 0.462. The molecule has 2 heterocycles. The maximum Gasteiger partial charge on any atom is 0.271 e. The molecule has 2 rings (SSSR count). The SMILES string of the molecule is CCC(C)(CCO)NC(=O)c1ncnc2[nH]ccc12. The van der Waals surface area contributed by atoms with Crippen molar-refractivity contribution in [2.45, 2.75) is 32.2 Å². The number of aromatic amines is 1. The summed E-state index contributed by atoms with van der Waals surface area (Å²) in [7, 11) is 0. The number of nitrogens with zero attached hydrogens (tertiary/aromatic N) is 2. The van der Waals surface area contributed by atoms with Crippen LogP contribution in [-0.2, 0) is 0 Å². The molecule has 6 nitrogen and oxygen atoms in total. The lowest BCUT2D eigenvalue weighted by Gasteiger charge is -2.28. The number of carbonyl (C=O) groups is 1. The van der Waals surface area contributed by atoms with E-state index in [1.54, 1.807) is 12.3 Å². The van der Waals surface area contributed by atoms with Crippen molar-refractivity contribution in [2.24, 2.45) is 0 Å². The molecule has 0 aliphatic carbocycles. The summed E-state index contributed by atoms with van der Waals surface area (Å²) < 4.78 is 0. The van der Waals surface area contributed by atoms with Crippen LogP contribution in [-0.4, -0.2) is 38.1 Å². The number of hydrogen-bond acceptors (Lipinski definition) is 4. The lowest BCUT2D eigenvalue weighted by molar-refractivity contribution is 0.0883. The molecule has 0 spiro atoms. The number of hydrogen-bond donors (Lipinski definition) is 3. The number of H-pyrrole nitrogens is 1. The van der Waals surface area contributed by atoms with Crippen LogP contribution in [0.1, 0.15) is 37.2 Å². The Morgan fingerprint density at radius 1 is 1.53 bits per heavy atom. The number of aromatic nitrogens is 3. The second-order valence-corrected chi connectivity index (χ2v) is 4.80. The van der Waals surface area contributed by atoms with Crippen molar-refractivity contribution in [1.29, 1.82) is 0 Å². The molecule has 0 aromatic carbocycles. The first-order valence-corrected chi connectivity index (χ1v) is 6.31. The normalized spacial score (nSPS) is 14.3. The molecule has 2 aromatic rings. The molecular weight excluding hydrogens is 244 g/mol. The van der Waals surface area contributed by atoms with Crippen LogP contribution in [0.3, 0.4) is 0 Å². The first kappa shape index (κ1) is 13.5. The lowest BCUT2D eigenvalue weighted by atomic mass is 9.94. The Labute approximate surface area is 111 Å². The van der Waals surface area contributed by atoms with Crippen molar-refractivity contribution >= 4 is 16.9 Å². The van der Waals surface area contributed by atoms with Gasteiger partial charge in [-0.25, -0.2) is 9.97 Å². The van der Waals surface area contributed by atoms with E-state index in [9.17, 15) is 4.79 Å². The molecule has 0 aliphatic rings. The monoisotopic (exact) mass is 262 g/mol. The molecule has 3 N–H and O–H groups in total. The summed E-state index contributed by atoms with van der Waals surface area (Å²) in [5.74, 6) is -0.246. The molecule has 19 heavy (non-hydrogen) atoms. The van der Waals surface area contributed by atoms with Gasteiger partial charge >= 0.3 is 0 Å². The molecule has 1 unspecified atom stereocenters. The zero-order chi connectivity index (χ0) is 13.9. The zero-order valence-electron chi connectivity index (χ0n) is 11.1. The van der Waals surface area contributed by atoms with Gasteiger partial charge in [-0.2, -0.15) is 0 Å². The smallest absolute Gasteiger partial charge is 0.271 e. The van der Waals surface area contributed by atoms with Crippen LogP contribution in [0.4, 0.5) is 0 Å². The Bertz CT molecular complexity index is 581. The van der Waals surface area contributed by atoms with Gasteiger partial charge in [0.15, 0.2) is 0 Å². The summed E-state index contributed by atoms with van der Waals surface area (Å²) >= 11 is 0. The highest BCUT2D eigenvalue weighted by molar-refractivity contribution is 6.03. The van der Waals surface area contributed by atoms with Crippen molar-refractivity contribution in [2.75, 3.05) is 6.61 Å². The highest BCUT2D eigenvalue weighted by Gasteiger charge is 2.25. The van der Waals surface area contributed by atoms with Crippen LogP contribution in [0.2, 0.25) is 0 Å². The highest BCUT2D eigenvalue weighted by Crippen LogP contribution is 2.17. The Balaban J connectivity index is 2.27. The van der Waals surface area contributed by atoms with Gasteiger partial charge in [-0.1, -0.05) is 6.92 Å². The number of fused-ring (bicyclic) bond motifs is 1. The van der Waals surface area contributed by atoms with Gasteiger partial charge in [0.1, 0.15) is 17.7 Å². The van der Waals surface area contributed by atoms with Crippen LogP contribution >= 0.6 is 0 Å². The minimum atomic E-state index is -0.431. The molecule has 0 saturated heterocycles. The average molecular weight is 262 g/mol. The van der Waals surface area contributed by atoms with E-state index in [0.717, 1.165) is 6.42 Å². The average Bonchev–Trinajstić information content (AvgIpc) is 2.86. The van der Waals surface area contributed by atoms with Gasteiger partial charge < -0.3 is 15.4 Å². The molecule has 1 atom stereocenters. The Morgan fingerprint density at radius 3 is 3.00 bits per heavy atom. The molecular formula is C13H18N4O2. The minimum Gasteiger partial charge on any atom is -0.396 e. The van der Waals surface area contributed by atoms with Crippen molar-refractivity contribution in [3.05, 3.63) is 24.3 Å². The third kappa shape index (κ3) is 2.73. The fourth-order valence-electron chi connectivity index (χ4n) is 1.96. The van der Waals surface area contributed by atoms with Gasteiger partial charge in [-0.05, 0) is 25.8 Å². The van der Waals surface area contributed by atoms with Crippen molar-refractivity contribution in [1.82, 2.24) is 20.3 Å². The van der Waals surface area contributed by atoms with E-state index in [0.29, 0.717) is 23.1 Å². The first-order chi connectivity index (χ1) is 9.09. The summed E-state index contributed by atoms with van der Waals surface area (Å²) in [5.41, 5.74) is 0.559. The highest BCUT2D eigenvalue weighted by atomic mass is 16.3. The summed E-state index contributed by atoms with van der Waals surface area (Å²) in [6.07, 6.45) is 4.34. The van der Waals surface area contributed by atoms with E-state index in [2.05, 4.69) is 20.3 Å². The number of amides is 1. The molecule has 0 bridgehead atoms. The molecule has 2 aromatic heterocycles. The minimum absolute atomic E-state index is 0.0357. The third-order valence-corrected chi connectivity index (χ3v) is 3.43. The van der Waals surface area contributed by atoms with Crippen LogP contribution < -0.4 is 5.32 Å². The Kier molecular flexibility index (Phi) is 3.80. The Morgan fingerprint density at radius 2 is 2.32 bits per heavy atom. The van der Waals surface area contributed by atoms with Gasteiger partial charge in [-0.15, -0.1) is 0 Å². The van der Waals surface area contributed by atoms with E-state index in [1.807, 2.05) is 13.8 Å².